The lowest BCUT2D eigenvalue weighted by Gasteiger charge is -2.14. The van der Waals surface area contributed by atoms with Gasteiger partial charge in [0.25, 0.3) is 0 Å². The van der Waals surface area contributed by atoms with Gasteiger partial charge in [0.15, 0.2) is 0 Å². The lowest BCUT2D eigenvalue weighted by atomic mass is 10.1. The van der Waals surface area contributed by atoms with E-state index >= 15 is 0 Å². The van der Waals surface area contributed by atoms with Gasteiger partial charge in [0, 0.05) is 19.3 Å². The second-order valence-corrected chi connectivity index (χ2v) is 4.85. The standard InChI is InChI=1S/C14H19N3O3/c1-15-13(19)6-9-4-2-3-5-11(9)17-14(20)12-7-10(18)8-16-12/h2-5,10,12,16,18H,6-8H2,1H3,(H,15,19)(H,17,20). The van der Waals surface area contributed by atoms with Crippen LogP contribution in [-0.2, 0) is 16.0 Å². The molecule has 0 spiro atoms. The highest BCUT2D eigenvalue weighted by Gasteiger charge is 2.28. The number of anilines is 1. The van der Waals surface area contributed by atoms with Crippen LogP contribution in [-0.4, -0.2) is 42.7 Å². The summed E-state index contributed by atoms with van der Waals surface area (Å²) in [4.78, 5) is 23.5. The Balaban J connectivity index is 2.05. The Labute approximate surface area is 117 Å². The van der Waals surface area contributed by atoms with Crippen LogP contribution < -0.4 is 16.0 Å². The van der Waals surface area contributed by atoms with Crippen LogP contribution in [0, 0.1) is 0 Å². The van der Waals surface area contributed by atoms with E-state index in [-0.39, 0.29) is 18.2 Å². The topological polar surface area (TPSA) is 90.5 Å². The second kappa shape index (κ2) is 6.49. The number of carbonyl (C=O) groups is 2. The average Bonchev–Trinajstić information content (AvgIpc) is 2.87. The molecule has 0 saturated carbocycles. The number of β-amino-alcohol motifs (C(OH)–C–C–N with tert-alkyl or cyclic N) is 1. The molecule has 0 aromatic heterocycles. The van der Waals surface area contributed by atoms with Gasteiger partial charge in [0.1, 0.15) is 0 Å². The van der Waals surface area contributed by atoms with Gasteiger partial charge >= 0.3 is 0 Å². The summed E-state index contributed by atoms with van der Waals surface area (Å²) in [5.41, 5.74) is 1.39. The van der Waals surface area contributed by atoms with Crippen molar-refractivity contribution in [3.8, 4) is 0 Å². The lowest BCUT2D eigenvalue weighted by Crippen LogP contribution is -2.35. The van der Waals surface area contributed by atoms with Gasteiger partial charge in [-0.05, 0) is 18.1 Å². The van der Waals surface area contributed by atoms with E-state index < -0.39 is 12.1 Å². The minimum atomic E-state index is -0.480. The maximum atomic E-state index is 12.1. The molecule has 108 valence electrons. The first kappa shape index (κ1) is 14.5. The fraction of sp³-hybridized carbons (Fsp3) is 0.429. The smallest absolute Gasteiger partial charge is 0.241 e. The summed E-state index contributed by atoms with van der Waals surface area (Å²) in [6.45, 7) is 0.429. The van der Waals surface area contributed by atoms with Gasteiger partial charge in [-0.2, -0.15) is 0 Å². The third kappa shape index (κ3) is 3.55. The zero-order chi connectivity index (χ0) is 14.5. The number of hydrogen-bond acceptors (Lipinski definition) is 4. The minimum absolute atomic E-state index is 0.110. The van der Waals surface area contributed by atoms with Crippen LogP contribution in [0.15, 0.2) is 24.3 Å². The van der Waals surface area contributed by atoms with Crippen LogP contribution in [0.3, 0.4) is 0 Å². The Bertz CT molecular complexity index is 504. The van der Waals surface area contributed by atoms with Crippen LogP contribution in [0.1, 0.15) is 12.0 Å². The van der Waals surface area contributed by atoms with Crippen LogP contribution >= 0.6 is 0 Å². The summed E-state index contributed by atoms with van der Waals surface area (Å²) in [5.74, 6) is -0.299. The Morgan fingerprint density at radius 3 is 2.80 bits per heavy atom. The Kier molecular flexibility index (Phi) is 4.70. The molecule has 6 nitrogen and oxygen atoms in total. The summed E-state index contributed by atoms with van der Waals surface area (Å²) < 4.78 is 0. The van der Waals surface area contributed by atoms with Gasteiger partial charge in [0.2, 0.25) is 11.8 Å². The fourth-order valence-electron chi connectivity index (χ4n) is 2.19. The molecular weight excluding hydrogens is 258 g/mol. The van der Waals surface area contributed by atoms with Gasteiger partial charge in [-0.1, -0.05) is 18.2 Å². The molecule has 0 radical (unpaired) electrons. The maximum absolute atomic E-state index is 12.1. The van der Waals surface area contributed by atoms with E-state index in [4.69, 9.17) is 0 Å². The number of aliphatic hydroxyl groups excluding tert-OH is 1. The van der Waals surface area contributed by atoms with Gasteiger partial charge in [-0.15, -0.1) is 0 Å². The Morgan fingerprint density at radius 2 is 2.15 bits per heavy atom. The molecule has 2 unspecified atom stereocenters. The molecule has 20 heavy (non-hydrogen) atoms. The molecule has 6 heteroatoms. The molecule has 2 amide bonds. The predicted octanol–water partition coefficient (Wildman–Crippen LogP) is -0.364. The van der Waals surface area contributed by atoms with Crippen molar-refractivity contribution in [1.29, 1.82) is 0 Å². The molecule has 1 aromatic carbocycles. The van der Waals surface area contributed by atoms with E-state index in [9.17, 15) is 14.7 Å². The third-order valence-electron chi connectivity index (χ3n) is 3.33. The number of amides is 2. The minimum Gasteiger partial charge on any atom is -0.392 e. The number of likely N-dealkylation sites (N-methyl/N-ethyl adjacent to an activating group) is 1. The van der Waals surface area contributed by atoms with Crippen LogP contribution in [0.4, 0.5) is 5.69 Å². The Morgan fingerprint density at radius 1 is 1.40 bits per heavy atom. The number of nitrogens with one attached hydrogen (secondary N) is 3. The SMILES string of the molecule is CNC(=O)Cc1ccccc1NC(=O)C1CC(O)CN1. The molecule has 1 aromatic rings. The quantitative estimate of drug-likeness (QED) is 0.605. The monoisotopic (exact) mass is 277 g/mol. The summed E-state index contributed by atoms with van der Waals surface area (Å²) in [7, 11) is 1.58. The van der Waals surface area contributed by atoms with Crippen molar-refractivity contribution in [2.45, 2.75) is 25.0 Å². The van der Waals surface area contributed by atoms with E-state index in [1.54, 1.807) is 19.2 Å². The molecule has 4 N–H and O–H groups in total. The van der Waals surface area contributed by atoms with Crippen LogP contribution in [0.5, 0.6) is 0 Å². The van der Waals surface area contributed by atoms with Crippen LogP contribution in [0.25, 0.3) is 0 Å². The van der Waals surface area contributed by atoms with Gasteiger partial charge in [0.05, 0.1) is 18.6 Å². The number of aliphatic hydroxyl groups is 1. The van der Waals surface area contributed by atoms with Crippen molar-refractivity contribution in [2.75, 3.05) is 18.9 Å². The van der Waals surface area contributed by atoms with Gasteiger partial charge < -0.3 is 21.1 Å². The second-order valence-electron chi connectivity index (χ2n) is 4.85. The average molecular weight is 277 g/mol. The van der Waals surface area contributed by atoms with Crippen molar-refractivity contribution in [3.05, 3.63) is 29.8 Å². The molecule has 2 rings (SSSR count). The van der Waals surface area contributed by atoms with E-state index in [0.29, 0.717) is 18.7 Å². The molecule has 2 atom stereocenters. The van der Waals surface area contributed by atoms with E-state index in [1.807, 2.05) is 12.1 Å². The summed E-state index contributed by atoms with van der Waals surface area (Å²) in [5, 5.41) is 17.7. The molecular formula is C14H19N3O3. The summed E-state index contributed by atoms with van der Waals surface area (Å²) in [6, 6.07) is 6.81. The van der Waals surface area contributed by atoms with E-state index in [0.717, 1.165) is 5.56 Å². The molecule has 1 fully saturated rings. The zero-order valence-corrected chi connectivity index (χ0v) is 11.3. The van der Waals surface area contributed by atoms with Crippen molar-refractivity contribution in [3.63, 3.8) is 0 Å². The Hall–Kier alpha value is -1.92. The largest absolute Gasteiger partial charge is 0.392 e. The molecule has 1 heterocycles. The number of rotatable bonds is 4. The number of carbonyl (C=O) groups excluding carboxylic acids is 2. The van der Waals surface area contributed by atoms with E-state index in [1.165, 1.54) is 0 Å². The third-order valence-corrected chi connectivity index (χ3v) is 3.33. The lowest BCUT2D eigenvalue weighted by molar-refractivity contribution is -0.120. The van der Waals surface area contributed by atoms with E-state index in [2.05, 4.69) is 16.0 Å². The zero-order valence-electron chi connectivity index (χ0n) is 11.3. The molecule has 1 aliphatic rings. The first-order chi connectivity index (χ1) is 9.60. The van der Waals surface area contributed by atoms with Gasteiger partial charge in [-0.3, -0.25) is 9.59 Å². The highest BCUT2D eigenvalue weighted by molar-refractivity contribution is 5.96. The molecule has 1 saturated heterocycles. The number of benzene rings is 1. The summed E-state index contributed by atoms with van der Waals surface area (Å²) in [6.07, 6.45) is 0.142. The maximum Gasteiger partial charge on any atom is 0.241 e. The fourth-order valence-corrected chi connectivity index (χ4v) is 2.19. The number of hydrogen-bond donors (Lipinski definition) is 4. The molecule has 0 aliphatic carbocycles. The molecule has 0 bridgehead atoms. The van der Waals surface area contributed by atoms with Crippen molar-refractivity contribution in [1.82, 2.24) is 10.6 Å². The first-order valence-corrected chi connectivity index (χ1v) is 6.61. The summed E-state index contributed by atoms with van der Waals surface area (Å²) >= 11 is 0. The van der Waals surface area contributed by atoms with Gasteiger partial charge in [-0.25, -0.2) is 0 Å². The highest BCUT2D eigenvalue weighted by Crippen LogP contribution is 2.17. The highest BCUT2D eigenvalue weighted by atomic mass is 16.3. The van der Waals surface area contributed by atoms with Crippen molar-refractivity contribution >= 4 is 17.5 Å². The molecule has 1 aliphatic heterocycles. The first-order valence-electron chi connectivity index (χ1n) is 6.61. The van der Waals surface area contributed by atoms with Crippen molar-refractivity contribution < 1.29 is 14.7 Å². The normalized spacial score (nSPS) is 21.5. The van der Waals surface area contributed by atoms with Crippen molar-refractivity contribution in [2.24, 2.45) is 0 Å². The van der Waals surface area contributed by atoms with Crippen LogP contribution in [0.2, 0.25) is 0 Å². The number of para-hydroxylation sites is 1. The predicted molar refractivity (Wildman–Crippen MR) is 75.3 cm³/mol.